The van der Waals surface area contributed by atoms with Crippen molar-refractivity contribution in [3.63, 3.8) is 0 Å². The summed E-state index contributed by atoms with van der Waals surface area (Å²) in [6, 6.07) is 6.09. The van der Waals surface area contributed by atoms with Crippen molar-refractivity contribution in [3.05, 3.63) is 23.4 Å². The molecule has 3 aromatic rings. The Hall–Kier alpha value is -2.24. The predicted octanol–water partition coefficient (Wildman–Crippen LogP) is 3.72. The quantitative estimate of drug-likeness (QED) is 0.459. The number of anilines is 3. The molecule has 1 saturated heterocycles. The van der Waals surface area contributed by atoms with Crippen molar-refractivity contribution in [1.82, 2.24) is 15.0 Å². The lowest BCUT2D eigenvalue weighted by molar-refractivity contribution is -0.168. The summed E-state index contributed by atoms with van der Waals surface area (Å²) in [7, 11) is 4.00. The van der Waals surface area contributed by atoms with Gasteiger partial charge in [0.05, 0.1) is 15.8 Å². The molecule has 1 aliphatic heterocycles. The number of rotatable bonds is 5. The fraction of sp³-hybridized carbons (Fsp3) is 0.500. The summed E-state index contributed by atoms with van der Waals surface area (Å²) in [5, 5.41) is 14.2. The van der Waals surface area contributed by atoms with Gasteiger partial charge in [-0.1, -0.05) is 11.6 Å². The van der Waals surface area contributed by atoms with E-state index in [1.54, 1.807) is 0 Å². The summed E-state index contributed by atoms with van der Waals surface area (Å²) < 4.78 is 13.6. The zero-order valence-electron chi connectivity index (χ0n) is 18.9. The molecule has 2 aromatic heterocycles. The van der Waals surface area contributed by atoms with Crippen LogP contribution in [0.2, 0.25) is 5.15 Å². The highest BCUT2D eigenvalue weighted by atomic mass is 35.5. The number of nitrogens with zero attached hydrogens (tertiary/aromatic N) is 4. The summed E-state index contributed by atoms with van der Waals surface area (Å²) >= 11 is 8.10. The van der Waals surface area contributed by atoms with Gasteiger partial charge in [0, 0.05) is 32.3 Å². The van der Waals surface area contributed by atoms with Crippen LogP contribution in [0.5, 0.6) is 0 Å². The lowest BCUT2D eigenvalue weighted by Gasteiger charge is -2.31. The Labute approximate surface area is 200 Å². The van der Waals surface area contributed by atoms with Crippen LogP contribution in [0, 0.1) is 5.92 Å². The molecule has 9 nitrogen and oxygen atoms in total. The minimum atomic E-state index is -0.870. The first-order chi connectivity index (χ1) is 15.6. The molecular formula is C22H27ClN6O3S. The van der Waals surface area contributed by atoms with Gasteiger partial charge in [-0.05, 0) is 44.9 Å². The number of aliphatic hydroxyl groups is 1. The van der Waals surface area contributed by atoms with E-state index in [0.29, 0.717) is 22.8 Å². The Balaban J connectivity index is 1.60. The van der Waals surface area contributed by atoms with Crippen molar-refractivity contribution in [2.75, 3.05) is 36.7 Å². The number of hydrogen-bond acceptors (Lipinski definition) is 10. The molecule has 3 atom stereocenters. The second kappa shape index (κ2) is 7.92. The molecule has 2 aliphatic rings. The van der Waals surface area contributed by atoms with E-state index in [9.17, 15) is 5.11 Å². The number of benzene rings is 1. The SMILES string of the molecule is CN(C)c1ccc2nc(-c3c(Cl)nc(N)nc3N[C@@]34CC[C@H](CO)[C@H]3OC(C)(C)O4)sc2c1. The predicted molar refractivity (Wildman–Crippen MR) is 131 cm³/mol. The highest BCUT2D eigenvalue weighted by Crippen LogP contribution is 2.50. The van der Waals surface area contributed by atoms with Crippen LogP contribution in [-0.2, 0) is 9.47 Å². The van der Waals surface area contributed by atoms with Crippen LogP contribution in [0.4, 0.5) is 17.5 Å². The minimum Gasteiger partial charge on any atom is -0.396 e. The van der Waals surface area contributed by atoms with E-state index >= 15 is 0 Å². The van der Waals surface area contributed by atoms with E-state index in [1.807, 2.05) is 45.0 Å². The van der Waals surface area contributed by atoms with Gasteiger partial charge < -0.3 is 30.5 Å². The van der Waals surface area contributed by atoms with E-state index in [2.05, 4.69) is 21.4 Å². The number of hydrogen-bond donors (Lipinski definition) is 3. The van der Waals surface area contributed by atoms with Crippen molar-refractivity contribution in [3.8, 4) is 10.6 Å². The van der Waals surface area contributed by atoms with E-state index < -0.39 is 11.5 Å². The van der Waals surface area contributed by atoms with Crippen LogP contribution in [0.15, 0.2) is 18.2 Å². The van der Waals surface area contributed by atoms with E-state index in [-0.39, 0.29) is 29.7 Å². The van der Waals surface area contributed by atoms with Gasteiger partial charge in [0.1, 0.15) is 22.1 Å². The number of nitrogens with two attached hydrogens (primary N) is 1. The summed E-state index contributed by atoms with van der Waals surface area (Å²) in [5.41, 5.74) is 7.60. The molecule has 0 radical (unpaired) electrons. The maximum atomic E-state index is 9.88. The third-order valence-corrected chi connectivity index (χ3v) is 7.47. The lowest BCUT2D eigenvalue weighted by Crippen LogP contribution is -2.46. The van der Waals surface area contributed by atoms with Gasteiger partial charge in [-0.3, -0.25) is 0 Å². The highest BCUT2D eigenvalue weighted by Gasteiger charge is 2.60. The molecule has 0 amide bonds. The fourth-order valence-corrected chi connectivity index (χ4v) is 6.09. The summed E-state index contributed by atoms with van der Waals surface area (Å²) in [6.07, 6.45) is 1.04. The Bertz CT molecular complexity index is 1220. The van der Waals surface area contributed by atoms with E-state index in [4.69, 9.17) is 31.8 Å². The van der Waals surface area contributed by atoms with Gasteiger partial charge in [0.15, 0.2) is 11.5 Å². The molecule has 5 rings (SSSR count). The number of fused-ring (bicyclic) bond motifs is 2. The average molecular weight is 491 g/mol. The van der Waals surface area contributed by atoms with Crippen LogP contribution < -0.4 is 16.0 Å². The van der Waals surface area contributed by atoms with E-state index in [1.165, 1.54) is 11.3 Å². The van der Waals surface area contributed by atoms with Crippen LogP contribution in [0.3, 0.4) is 0 Å². The summed E-state index contributed by atoms with van der Waals surface area (Å²) in [5.74, 6) is -0.384. The van der Waals surface area contributed by atoms with Crippen LogP contribution in [0.25, 0.3) is 20.8 Å². The zero-order valence-corrected chi connectivity index (χ0v) is 20.5. The number of aromatic nitrogens is 3. The number of ether oxygens (including phenoxy) is 2. The van der Waals surface area contributed by atoms with Gasteiger partial charge in [0.25, 0.3) is 0 Å². The summed E-state index contributed by atoms with van der Waals surface area (Å²) in [6.45, 7) is 3.74. The molecule has 0 unspecified atom stereocenters. The summed E-state index contributed by atoms with van der Waals surface area (Å²) in [4.78, 5) is 15.5. The molecule has 176 valence electrons. The van der Waals surface area contributed by atoms with Crippen molar-refractivity contribution in [1.29, 1.82) is 0 Å². The van der Waals surface area contributed by atoms with Crippen molar-refractivity contribution >= 4 is 50.6 Å². The fourth-order valence-electron chi connectivity index (χ4n) is 4.72. The third kappa shape index (κ3) is 3.89. The number of aliphatic hydroxyl groups excluding tert-OH is 1. The first-order valence-corrected chi connectivity index (χ1v) is 12.0. The second-order valence-corrected chi connectivity index (χ2v) is 10.6. The minimum absolute atomic E-state index is 0.0130. The largest absolute Gasteiger partial charge is 0.396 e. The molecule has 33 heavy (non-hydrogen) atoms. The molecule has 1 aliphatic carbocycles. The maximum absolute atomic E-state index is 9.88. The highest BCUT2D eigenvalue weighted by molar-refractivity contribution is 7.21. The number of nitrogens with one attached hydrogen (secondary N) is 1. The average Bonchev–Trinajstić information content (AvgIpc) is 3.34. The number of halogens is 1. The molecule has 0 bridgehead atoms. The first-order valence-electron chi connectivity index (χ1n) is 10.8. The first kappa shape index (κ1) is 22.5. The van der Waals surface area contributed by atoms with Crippen molar-refractivity contribution in [2.45, 2.75) is 44.3 Å². The van der Waals surface area contributed by atoms with Gasteiger partial charge in [0.2, 0.25) is 5.95 Å². The second-order valence-electron chi connectivity index (χ2n) is 9.20. The van der Waals surface area contributed by atoms with Crippen LogP contribution in [-0.4, -0.2) is 58.4 Å². The Kier molecular flexibility index (Phi) is 5.41. The molecule has 1 saturated carbocycles. The van der Waals surface area contributed by atoms with Crippen molar-refractivity contribution < 1.29 is 14.6 Å². The maximum Gasteiger partial charge on any atom is 0.223 e. The smallest absolute Gasteiger partial charge is 0.223 e. The number of thiazole rings is 1. The Morgan fingerprint density at radius 3 is 2.82 bits per heavy atom. The molecular weight excluding hydrogens is 464 g/mol. The normalized spacial score (nSPS) is 26.0. The van der Waals surface area contributed by atoms with Gasteiger partial charge in [-0.15, -0.1) is 11.3 Å². The Morgan fingerprint density at radius 1 is 1.30 bits per heavy atom. The topological polar surface area (TPSA) is 119 Å². The van der Waals surface area contributed by atoms with Gasteiger partial charge >= 0.3 is 0 Å². The van der Waals surface area contributed by atoms with Gasteiger partial charge in [-0.2, -0.15) is 4.98 Å². The molecule has 2 fully saturated rings. The van der Waals surface area contributed by atoms with E-state index in [0.717, 1.165) is 22.3 Å². The van der Waals surface area contributed by atoms with Crippen LogP contribution >= 0.6 is 22.9 Å². The van der Waals surface area contributed by atoms with Crippen molar-refractivity contribution in [2.24, 2.45) is 5.92 Å². The molecule has 11 heteroatoms. The van der Waals surface area contributed by atoms with Gasteiger partial charge in [-0.25, -0.2) is 9.97 Å². The Morgan fingerprint density at radius 2 is 2.09 bits per heavy atom. The van der Waals surface area contributed by atoms with Crippen LogP contribution in [0.1, 0.15) is 26.7 Å². The number of nitrogen functional groups attached to an aromatic ring is 1. The zero-order chi connectivity index (χ0) is 23.5. The molecule has 1 aromatic carbocycles. The lowest BCUT2D eigenvalue weighted by atomic mass is 10.0. The third-order valence-electron chi connectivity index (χ3n) is 6.16. The monoisotopic (exact) mass is 490 g/mol. The standard InChI is InChI=1S/C22H27ClN6O3S/c1-21(2)31-16-11(10-30)7-8-22(16,32-21)28-18-15(17(23)26-20(24)27-18)19-25-13-6-5-12(29(3)4)9-14(13)33-19/h5-6,9,11,16,30H,7-8,10H2,1-4H3,(H3,24,26,27,28)/t11-,16-,22-/m1/s1. The molecule has 4 N–H and O–H groups in total. The molecule has 0 spiro atoms. The molecule has 3 heterocycles.